The summed E-state index contributed by atoms with van der Waals surface area (Å²) in [6.07, 6.45) is 5.14. The van der Waals surface area contributed by atoms with Crippen LogP contribution in [0.2, 0.25) is 0 Å². The quantitative estimate of drug-likeness (QED) is 0.779. The molecule has 1 aliphatic heterocycles. The van der Waals surface area contributed by atoms with Crippen molar-refractivity contribution in [1.29, 1.82) is 0 Å². The average molecular weight is 288 g/mol. The van der Waals surface area contributed by atoms with E-state index in [1.54, 1.807) is 7.11 Å². The van der Waals surface area contributed by atoms with Crippen molar-refractivity contribution in [3.63, 3.8) is 0 Å². The van der Waals surface area contributed by atoms with E-state index in [9.17, 15) is 0 Å². The molecule has 3 nitrogen and oxygen atoms in total. The molecule has 3 heteroatoms. The van der Waals surface area contributed by atoms with Gasteiger partial charge in [-0.05, 0) is 37.2 Å². The zero-order valence-corrected chi connectivity index (χ0v) is 13.1. The van der Waals surface area contributed by atoms with Crippen LogP contribution in [-0.4, -0.2) is 50.3 Å². The number of hydrogen-bond acceptors (Lipinski definition) is 3. The predicted molar refractivity (Wildman–Crippen MR) is 86.5 cm³/mol. The summed E-state index contributed by atoms with van der Waals surface area (Å²) in [4.78, 5) is 2.70. The van der Waals surface area contributed by atoms with E-state index in [0.29, 0.717) is 6.04 Å². The lowest BCUT2D eigenvalue weighted by Gasteiger charge is -2.41. The van der Waals surface area contributed by atoms with Crippen molar-refractivity contribution in [3.8, 4) is 0 Å². The minimum Gasteiger partial charge on any atom is -0.385 e. The van der Waals surface area contributed by atoms with E-state index in [2.05, 4.69) is 40.5 Å². The molecule has 21 heavy (non-hydrogen) atoms. The second kappa shape index (κ2) is 7.39. The van der Waals surface area contributed by atoms with Crippen LogP contribution in [0.4, 0.5) is 0 Å². The van der Waals surface area contributed by atoms with Crippen LogP contribution in [-0.2, 0) is 11.2 Å². The summed E-state index contributed by atoms with van der Waals surface area (Å²) in [6.45, 7) is 4.38. The predicted octanol–water partition coefficient (Wildman–Crippen LogP) is 2.32. The maximum atomic E-state index is 5.23. The third-order valence-electron chi connectivity index (χ3n) is 4.86. The molecule has 0 amide bonds. The van der Waals surface area contributed by atoms with Crippen molar-refractivity contribution in [2.24, 2.45) is 5.92 Å². The van der Waals surface area contributed by atoms with Gasteiger partial charge in [-0.25, -0.2) is 0 Å². The molecule has 2 fully saturated rings. The average Bonchev–Trinajstić information content (AvgIpc) is 3.35. The monoisotopic (exact) mass is 288 g/mol. The van der Waals surface area contributed by atoms with Crippen molar-refractivity contribution < 1.29 is 4.74 Å². The van der Waals surface area contributed by atoms with Gasteiger partial charge in [-0.15, -0.1) is 0 Å². The molecule has 0 spiro atoms. The lowest BCUT2D eigenvalue weighted by molar-refractivity contribution is 0.104. The Kier molecular flexibility index (Phi) is 5.28. The molecule has 116 valence electrons. The second-order valence-electron chi connectivity index (χ2n) is 6.54. The lowest BCUT2D eigenvalue weighted by atomic mass is 9.99. The first-order valence-electron chi connectivity index (χ1n) is 8.37. The number of rotatable bonds is 7. The van der Waals surface area contributed by atoms with Gasteiger partial charge in [0.15, 0.2) is 0 Å². The lowest BCUT2D eigenvalue weighted by Crippen LogP contribution is -2.58. The number of ether oxygens (including phenoxy) is 1. The second-order valence-corrected chi connectivity index (χ2v) is 6.54. The first-order chi connectivity index (χ1) is 10.4. The van der Waals surface area contributed by atoms with Crippen molar-refractivity contribution >= 4 is 0 Å². The highest BCUT2D eigenvalue weighted by Crippen LogP contribution is 2.34. The fourth-order valence-electron chi connectivity index (χ4n) is 3.47. The Morgan fingerprint density at radius 3 is 2.76 bits per heavy atom. The summed E-state index contributed by atoms with van der Waals surface area (Å²) in [6, 6.07) is 12.2. The van der Waals surface area contributed by atoms with E-state index in [1.165, 1.54) is 24.9 Å². The third-order valence-corrected chi connectivity index (χ3v) is 4.86. The number of nitrogens with one attached hydrogen (secondary N) is 1. The first-order valence-corrected chi connectivity index (χ1v) is 8.37. The molecule has 0 aromatic heterocycles. The maximum Gasteiger partial charge on any atom is 0.0474 e. The molecule has 1 N–H and O–H groups in total. The number of methoxy groups -OCH3 is 1. The summed E-state index contributed by atoms with van der Waals surface area (Å²) >= 11 is 0. The topological polar surface area (TPSA) is 24.5 Å². The van der Waals surface area contributed by atoms with Crippen molar-refractivity contribution in [1.82, 2.24) is 10.2 Å². The number of benzene rings is 1. The SMILES string of the molecule is COCCCN1CC(C2CC2)NCC1Cc1ccccc1. The van der Waals surface area contributed by atoms with Gasteiger partial charge in [0.25, 0.3) is 0 Å². The highest BCUT2D eigenvalue weighted by Gasteiger charge is 2.36. The molecular formula is C18H28N2O. The Hall–Kier alpha value is -0.900. The van der Waals surface area contributed by atoms with Crippen LogP contribution < -0.4 is 5.32 Å². The van der Waals surface area contributed by atoms with Crippen LogP contribution in [0.3, 0.4) is 0 Å². The number of piperazine rings is 1. The minimum absolute atomic E-state index is 0.624. The van der Waals surface area contributed by atoms with Crippen molar-refractivity contribution in [2.45, 2.75) is 37.8 Å². The van der Waals surface area contributed by atoms with E-state index in [0.717, 1.165) is 44.5 Å². The van der Waals surface area contributed by atoms with Crippen LogP contribution >= 0.6 is 0 Å². The largest absolute Gasteiger partial charge is 0.385 e. The minimum atomic E-state index is 0.624. The van der Waals surface area contributed by atoms with Crippen LogP contribution in [0, 0.1) is 5.92 Å². The van der Waals surface area contributed by atoms with Gasteiger partial charge >= 0.3 is 0 Å². The highest BCUT2D eigenvalue weighted by molar-refractivity contribution is 5.16. The maximum absolute atomic E-state index is 5.23. The molecule has 2 atom stereocenters. The Morgan fingerprint density at radius 1 is 1.24 bits per heavy atom. The molecule has 1 saturated heterocycles. The Morgan fingerprint density at radius 2 is 2.05 bits per heavy atom. The van der Waals surface area contributed by atoms with Gasteiger partial charge in [-0.2, -0.15) is 0 Å². The van der Waals surface area contributed by atoms with Gasteiger partial charge in [0, 0.05) is 45.4 Å². The standard InChI is InChI=1S/C18H28N2O/c1-21-11-5-10-20-14-18(16-8-9-16)19-13-17(20)12-15-6-3-2-4-7-15/h2-4,6-7,16-19H,5,8-14H2,1H3. The smallest absolute Gasteiger partial charge is 0.0474 e. The fraction of sp³-hybridized carbons (Fsp3) is 0.667. The first kappa shape index (κ1) is 15.0. The number of hydrogen-bond donors (Lipinski definition) is 1. The van der Waals surface area contributed by atoms with E-state index in [-0.39, 0.29) is 0 Å². The van der Waals surface area contributed by atoms with Gasteiger partial charge in [0.2, 0.25) is 0 Å². The summed E-state index contributed by atoms with van der Waals surface area (Å²) in [5.74, 6) is 0.938. The molecule has 1 aromatic carbocycles. The summed E-state index contributed by atoms with van der Waals surface area (Å²) < 4.78 is 5.23. The molecule has 2 unspecified atom stereocenters. The van der Waals surface area contributed by atoms with E-state index >= 15 is 0 Å². The molecule has 0 radical (unpaired) electrons. The molecule has 1 heterocycles. The van der Waals surface area contributed by atoms with Gasteiger partial charge in [0.05, 0.1) is 0 Å². The zero-order chi connectivity index (χ0) is 14.5. The van der Waals surface area contributed by atoms with Crippen molar-refractivity contribution in [2.75, 3.05) is 33.4 Å². The Bertz CT molecular complexity index is 418. The molecular weight excluding hydrogens is 260 g/mol. The van der Waals surface area contributed by atoms with Gasteiger partial charge < -0.3 is 10.1 Å². The molecule has 1 aliphatic carbocycles. The third kappa shape index (κ3) is 4.29. The summed E-state index contributed by atoms with van der Waals surface area (Å²) in [5.41, 5.74) is 1.45. The molecule has 0 bridgehead atoms. The number of nitrogens with zero attached hydrogens (tertiary/aromatic N) is 1. The van der Waals surface area contributed by atoms with Gasteiger partial charge in [-0.3, -0.25) is 4.90 Å². The molecule has 1 aromatic rings. The normalized spacial score (nSPS) is 26.9. The Labute approximate surface area is 128 Å². The molecule has 2 aliphatic rings. The fourth-order valence-corrected chi connectivity index (χ4v) is 3.47. The highest BCUT2D eigenvalue weighted by atomic mass is 16.5. The van der Waals surface area contributed by atoms with Crippen LogP contribution in [0.15, 0.2) is 30.3 Å². The molecule has 3 rings (SSSR count). The van der Waals surface area contributed by atoms with Gasteiger partial charge in [0.1, 0.15) is 0 Å². The van der Waals surface area contributed by atoms with Crippen LogP contribution in [0.5, 0.6) is 0 Å². The molecule has 1 saturated carbocycles. The Balaban J connectivity index is 1.59. The van der Waals surface area contributed by atoms with E-state index < -0.39 is 0 Å². The zero-order valence-electron chi connectivity index (χ0n) is 13.1. The van der Waals surface area contributed by atoms with Crippen LogP contribution in [0.1, 0.15) is 24.8 Å². The van der Waals surface area contributed by atoms with Gasteiger partial charge in [-0.1, -0.05) is 30.3 Å². The van der Waals surface area contributed by atoms with Crippen molar-refractivity contribution in [3.05, 3.63) is 35.9 Å². The van der Waals surface area contributed by atoms with E-state index in [1.807, 2.05) is 0 Å². The summed E-state index contributed by atoms with van der Waals surface area (Å²) in [5, 5.41) is 3.80. The summed E-state index contributed by atoms with van der Waals surface area (Å²) in [7, 11) is 1.80. The van der Waals surface area contributed by atoms with E-state index in [4.69, 9.17) is 4.74 Å². The van der Waals surface area contributed by atoms with Crippen LogP contribution in [0.25, 0.3) is 0 Å².